The van der Waals surface area contributed by atoms with Gasteiger partial charge in [0.1, 0.15) is 10.6 Å². The van der Waals surface area contributed by atoms with Crippen LogP contribution in [-0.4, -0.2) is 64.7 Å². The largest absolute Gasteiger partial charge is 0.465 e. The molecule has 2 heterocycles. The monoisotopic (exact) mass is 477 g/mol. The van der Waals surface area contributed by atoms with Gasteiger partial charge < -0.3 is 19.5 Å². The zero-order chi connectivity index (χ0) is 21.7. The van der Waals surface area contributed by atoms with Gasteiger partial charge in [-0.15, -0.1) is 0 Å². The van der Waals surface area contributed by atoms with E-state index in [0.717, 1.165) is 44.0 Å². The van der Waals surface area contributed by atoms with Gasteiger partial charge in [-0.2, -0.15) is 0 Å². The van der Waals surface area contributed by atoms with Crippen LogP contribution in [0.25, 0.3) is 0 Å². The molecule has 0 aliphatic carbocycles. The first-order valence-corrected chi connectivity index (χ1v) is 11.0. The minimum atomic E-state index is -0.435. The van der Waals surface area contributed by atoms with Crippen molar-refractivity contribution in [1.82, 2.24) is 19.4 Å². The third kappa shape index (κ3) is 5.27. The van der Waals surface area contributed by atoms with Crippen LogP contribution in [0.2, 0.25) is 0 Å². The van der Waals surface area contributed by atoms with Crippen LogP contribution in [0.15, 0.2) is 39.9 Å². The van der Waals surface area contributed by atoms with Crippen molar-refractivity contribution < 1.29 is 9.53 Å². The molecule has 8 nitrogen and oxygen atoms in total. The second-order valence-corrected chi connectivity index (χ2v) is 8.01. The molecule has 0 amide bonds. The highest BCUT2D eigenvalue weighted by Crippen LogP contribution is 2.26. The van der Waals surface area contributed by atoms with E-state index >= 15 is 0 Å². The van der Waals surface area contributed by atoms with Gasteiger partial charge >= 0.3 is 5.97 Å². The summed E-state index contributed by atoms with van der Waals surface area (Å²) in [7, 11) is 1.67. The fraction of sp³-hybridized carbons (Fsp3) is 0.476. The number of halogens is 1. The maximum Gasteiger partial charge on any atom is 0.328 e. The second kappa shape index (κ2) is 10.2. The Labute approximate surface area is 185 Å². The number of carbonyl (C=O) groups is 1. The van der Waals surface area contributed by atoms with Crippen molar-refractivity contribution in [2.75, 3.05) is 44.6 Å². The second-order valence-electron chi connectivity index (χ2n) is 7.20. The van der Waals surface area contributed by atoms with Crippen molar-refractivity contribution in [1.29, 1.82) is 0 Å². The summed E-state index contributed by atoms with van der Waals surface area (Å²) in [5.41, 5.74) is 1.37. The molecule has 1 aliphatic heterocycles. The van der Waals surface area contributed by atoms with Gasteiger partial charge in [-0.3, -0.25) is 9.69 Å². The zero-order valence-corrected chi connectivity index (χ0v) is 19.2. The van der Waals surface area contributed by atoms with E-state index in [2.05, 4.69) is 43.0 Å². The molecule has 1 saturated heterocycles. The Hall–Kier alpha value is -2.23. The lowest BCUT2D eigenvalue weighted by Gasteiger charge is -2.38. The predicted molar refractivity (Wildman–Crippen MR) is 120 cm³/mol. The number of nitrogens with zero attached hydrogens (tertiary/aromatic N) is 4. The van der Waals surface area contributed by atoms with E-state index in [1.807, 2.05) is 31.2 Å². The van der Waals surface area contributed by atoms with Crippen LogP contribution in [0.4, 0.5) is 11.5 Å². The standard InChI is InChI=1S/C21H28BrN5O3/c1-4-26-10-12-27(13-11-26)18(21(29)30-5-2)15-6-8-16(9-7-15)23-19-20(28)25(3)14-17(22)24-19/h6-9,14,18H,4-5,10-13H2,1-3H3,(H,23,24). The average Bonchev–Trinajstić information content (AvgIpc) is 2.74. The number of likely N-dealkylation sites (N-methyl/N-ethyl adjacent to an activating group) is 1. The molecular weight excluding hydrogens is 450 g/mol. The number of anilines is 2. The van der Waals surface area contributed by atoms with Crippen molar-refractivity contribution in [2.24, 2.45) is 7.05 Å². The van der Waals surface area contributed by atoms with Gasteiger partial charge in [0.05, 0.1) is 6.61 Å². The number of rotatable bonds is 7. The summed E-state index contributed by atoms with van der Waals surface area (Å²) in [6.45, 7) is 8.84. The van der Waals surface area contributed by atoms with Crippen molar-refractivity contribution in [3.8, 4) is 0 Å². The van der Waals surface area contributed by atoms with Crippen molar-refractivity contribution in [3.05, 3.63) is 51.0 Å². The Morgan fingerprint density at radius 2 is 1.87 bits per heavy atom. The number of hydrogen-bond donors (Lipinski definition) is 1. The molecule has 30 heavy (non-hydrogen) atoms. The van der Waals surface area contributed by atoms with E-state index in [1.54, 1.807) is 13.2 Å². The predicted octanol–water partition coefficient (Wildman–Crippen LogP) is 2.53. The number of aryl methyl sites for hydroxylation is 1. The molecule has 1 aromatic carbocycles. The van der Waals surface area contributed by atoms with E-state index in [9.17, 15) is 9.59 Å². The summed E-state index contributed by atoms with van der Waals surface area (Å²) in [5, 5.41) is 3.06. The number of piperazine rings is 1. The van der Waals surface area contributed by atoms with E-state index in [4.69, 9.17) is 4.74 Å². The lowest BCUT2D eigenvalue weighted by molar-refractivity contribution is -0.150. The van der Waals surface area contributed by atoms with Crippen LogP contribution in [0.5, 0.6) is 0 Å². The summed E-state index contributed by atoms with van der Waals surface area (Å²) in [6.07, 6.45) is 1.61. The average molecular weight is 478 g/mol. The Morgan fingerprint density at radius 1 is 1.20 bits per heavy atom. The van der Waals surface area contributed by atoms with E-state index in [-0.39, 0.29) is 17.3 Å². The molecule has 1 aromatic heterocycles. The van der Waals surface area contributed by atoms with Crippen LogP contribution in [0, 0.1) is 0 Å². The zero-order valence-electron chi connectivity index (χ0n) is 17.6. The molecule has 2 aromatic rings. The third-order valence-electron chi connectivity index (χ3n) is 5.26. The molecule has 162 valence electrons. The van der Waals surface area contributed by atoms with Gasteiger partial charge in [0.2, 0.25) is 0 Å². The van der Waals surface area contributed by atoms with Crippen LogP contribution >= 0.6 is 15.9 Å². The summed E-state index contributed by atoms with van der Waals surface area (Å²) < 4.78 is 7.39. The van der Waals surface area contributed by atoms with E-state index in [0.29, 0.717) is 11.2 Å². The molecule has 9 heteroatoms. The summed E-state index contributed by atoms with van der Waals surface area (Å²) in [6, 6.07) is 7.07. The number of aromatic nitrogens is 2. The van der Waals surface area contributed by atoms with E-state index in [1.165, 1.54) is 4.57 Å². The molecule has 1 N–H and O–H groups in total. The molecular formula is C21H28BrN5O3. The number of benzene rings is 1. The van der Waals surface area contributed by atoms with Crippen molar-refractivity contribution >= 4 is 33.4 Å². The van der Waals surface area contributed by atoms with Gasteiger partial charge in [-0.1, -0.05) is 19.1 Å². The quantitative estimate of drug-likeness (QED) is 0.613. The lowest BCUT2D eigenvalue weighted by Crippen LogP contribution is -2.49. The number of ether oxygens (including phenoxy) is 1. The number of esters is 1. The molecule has 1 aliphatic rings. The summed E-state index contributed by atoms with van der Waals surface area (Å²) in [5.74, 6) is 0.00272. The van der Waals surface area contributed by atoms with Gasteiger partial charge in [-0.25, -0.2) is 9.78 Å². The Bertz CT molecular complexity index is 923. The molecule has 3 rings (SSSR count). The molecule has 1 fully saturated rings. The number of nitrogens with one attached hydrogen (secondary N) is 1. The van der Waals surface area contributed by atoms with E-state index < -0.39 is 6.04 Å². The summed E-state index contributed by atoms with van der Waals surface area (Å²) >= 11 is 3.30. The number of hydrogen-bond acceptors (Lipinski definition) is 7. The van der Waals surface area contributed by atoms with Gasteiger partial charge in [0, 0.05) is 45.1 Å². The Balaban J connectivity index is 1.80. The first kappa shape index (κ1) is 22.5. The fourth-order valence-corrected chi connectivity index (χ4v) is 4.08. The molecule has 0 radical (unpaired) electrons. The SMILES string of the molecule is CCOC(=O)C(c1ccc(Nc2nc(Br)cn(C)c2=O)cc1)N1CCN(CC)CC1. The fourth-order valence-electron chi connectivity index (χ4n) is 3.59. The smallest absolute Gasteiger partial charge is 0.328 e. The van der Waals surface area contributed by atoms with Crippen LogP contribution < -0.4 is 10.9 Å². The van der Waals surface area contributed by atoms with Crippen LogP contribution in [-0.2, 0) is 16.6 Å². The lowest BCUT2D eigenvalue weighted by atomic mass is 10.0. The van der Waals surface area contributed by atoms with Gasteiger partial charge in [0.25, 0.3) is 5.56 Å². The maximum absolute atomic E-state index is 12.7. The third-order valence-corrected chi connectivity index (χ3v) is 5.64. The van der Waals surface area contributed by atoms with Gasteiger partial charge in [-0.05, 0) is 47.1 Å². The van der Waals surface area contributed by atoms with Gasteiger partial charge in [0.15, 0.2) is 5.82 Å². The molecule has 0 bridgehead atoms. The minimum absolute atomic E-state index is 0.222. The number of carbonyl (C=O) groups excluding carboxylic acids is 1. The minimum Gasteiger partial charge on any atom is -0.465 e. The topological polar surface area (TPSA) is 79.7 Å². The van der Waals surface area contributed by atoms with Crippen molar-refractivity contribution in [3.63, 3.8) is 0 Å². The molecule has 0 spiro atoms. The molecule has 0 saturated carbocycles. The maximum atomic E-state index is 12.7. The van der Waals surface area contributed by atoms with Crippen LogP contribution in [0.1, 0.15) is 25.5 Å². The van der Waals surface area contributed by atoms with Crippen molar-refractivity contribution in [2.45, 2.75) is 19.9 Å². The molecule has 1 atom stereocenters. The normalized spacial score (nSPS) is 16.3. The highest BCUT2D eigenvalue weighted by Gasteiger charge is 2.31. The Kier molecular flexibility index (Phi) is 7.63. The Morgan fingerprint density at radius 3 is 2.47 bits per heavy atom. The highest BCUT2D eigenvalue weighted by atomic mass is 79.9. The first-order chi connectivity index (χ1) is 14.4. The summed E-state index contributed by atoms with van der Waals surface area (Å²) in [4.78, 5) is 33.8. The van der Waals surface area contributed by atoms with Crippen LogP contribution in [0.3, 0.4) is 0 Å². The first-order valence-electron chi connectivity index (χ1n) is 10.2. The highest BCUT2D eigenvalue weighted by molar-refractivity contribution is 9.10. The molecule has 1 unspecified atom stereocenters.